The number of nitrogens with zero attached hydrogens (tertiary/aromatic N) is 6. The predicted molar refractivity (Wildman–Crippen MR) is 252 cm³/mol. The van der Waals surface area contributed by atoms with Crippen molar-refractivity contribution < 1.29 is 46.6 Å². The van der Waals surface area contributed by atoms with Gasteiger partial charge in [0.2, 0.25) is 5.36 Å². The Morgan fingerprint density at radius 3 is 2.39 bits per heavy atom. The maximum absolute atomic E-state index is 14.6. The Morgan fingerprint density at radius 2 is 1.69 bits per heavy atom. The number of allylic oxidation sites excluding steroid dienone is 1. The molecule has 16 heteroatoms. The topological polar surface area (TPSA) is 166 Å². The van der Waals surface area contributed by atoms with Crippen molar-refractivity contribution in [2.75, 3.05) is 36.8 Å². The number of aliphatic hydroxyl groups is 1. The number of piperidine rings is 1. The minimum absolute atomic E-state index is 0.0284. The number of aromatic nitrogens is 2. The summed E-state index contributed by atoms with van der Waals surface area (Å²) >= 11 is 0. The number of amides is 2. The number of hydrogen-bond donors (Lipinski definition) is 2. The molecule has 2 fully saturated rings. The Kier molecular flexibility index (Phi) is 11.3. The summed E-state index contributed by atoms with van der Waals surface area (Å²) in [4.78, 5) is 49.4. The van der Waals surface area contributed by atoms with Crippen molar-refractivity contribution in [2.24, 2.45) is 5.92 Å². The van der Waals surface area contributed by atoms with E-state index in [0.717, 1.165) is 114 Å². The fourth-order valence-electron chi connectivity index (χ4n) is 12.0. The summed E-state index contributed by atoms with van der Waals surface area (Å²) < 4.78 is 50.2. The molecule has 0 radical (unpaired) electrons. The number of imidazole rings is 1. The Bertz CT molecular complexity index is 2940. The second-order valence-electron chi connectivity index (χ2n) is 20.6. The van der Waals surface area contributed by atoms with Crippen LogP contribution in [0.3, 0.4) is 0 Å². The van der Waals surface area contributed by atoms with Crippen LogP contribution >= 0.6 is 0 Å². The molecule has 8 heterocycles. The zero-order valence-corrected chi connectivity index (χ0v) is 40.5. The number of anilines is 1. The number of rotatable bonds is 11. The number of hydroxylamine groups is 2. The molecule has 2 aromatic carbocycles. The SMILES string of the molecule is CCCCn1cc[n+](CC(=O)N2CCC(C(=O)ON3C(=O)CCC3O)CC2)c1C1=c2cc3c4c(c2Oc2c1cc1c5c2CCCN5C(C)(C)C=C1CS(=O)(=O)O)CCC[N+]=4C(C)(C)C=C3CC. The zero-order valence-electron chi connectivity index (χ0n) is 39.7. The minimum atomic E-state index is -4.40. The van der Waals surface area contributed by atoms with Gasteiger partial charge < -0.3 is 24.5 Å². The van der Waals surface area contributed by atoms with Crippen molar-refractivity contribution in [3.8, 4) is 11.5 Å². The van der Waals surface area contributed by atoms with E-state index < -0.39 is 45.4 Å². The van der Waals surface area contributed by atoms with Crippen molar-refractivity contribution in [2.45, 2.75) is 143 Å². The normalized spacial score (nSPS) is 21.5. The molecular formula is C51H64N6O9S+2. The zero-order chi connectivity index (χ0) is 47.3. The van der Waals surface area contributed by atoms with E-state index in [1.165, 1.54) is 22.1 Å². The van der Waals surface area contributed by atoms with Gasteiger partial charge >= 0.3 is 5.97 Å². The van der Waals surface area contributed by atoms with Crippen LogP contribution in [0.25, 0.3) is 16.7 Å². The number of aryl methyl sites for hydroxylation is 1. The molecule has 1 unspecified atom stereocenters. The van der Waals surface area contributed by atoms with Gasteiger partial charge in [-0.05, 0) is 88.1 Å². The first-order valence-corrected chi connectivity index (χ1v) is 26.0. The highest BCUT2D eigenvalue weighted by atomic mass is 32.2. The van der Waals surface area contributed by atoms with E-state index >= 15 is 0 Å². The van der Waals surface area contributed by atoms with E-state index in [0.29, 0.717) is 38.0 Å². The first kappa shape index (κ1) is 45.5. The smallest absolute Gasteiger partial charge is 0.335 e. The third-order valence-electron chi connectivity index (χ3n) is 15.2. The largest absolute Gasteiger partial charge is 0.455 e. The van der Waals surface area contributed by atoms with Gasteiger partial charge in [-0.3, -0.25) is 14.1 Å². The number of fused-ring (bicyclic) bond motifs is 4. The number of carbonyl (C=O) groups is 3. The minimum Gasteiger partial charge on any atom is -0.455 e. The number of hydrogen-bond acceptors (Lipinski definition) is 9. The second-order valence-corrected chi connectivity index (χ2v) is 22.0. The molecule has 7 aliphatic heterocycles. The van der Waals surface area contributed by atoms with E-state index in [-0.39, 0.29) is 30.8 Å². The van der Waals surface area contributed by atoms with Crippen LogP contribution in [0, 0.1) is 5.92 Å². The third kappa shape index (κ3) is 7.80. The molecule has 356 valence electrons. The monoisotopic (exact) mass is 936 g/mol. The Hall–Kier alpha value is -5.32. The molecule has 67 heavy (non-hydrogen) atoms. The standard InChI is InChI=1S/C51H63N6O9S/c1-7-9-18-53-23-24-54(29-42(60)52-21-16-32(17-22-52)49(61)66-57-40(58)14-15-41(57)59)48(53)43-38-25-36-31(8-2)27-50(3,4)55-19-10-12-34(44(36)55)46(38)65-47-35-13-11-20-56-45(35)37(26-39(43)47)33(28-51(56,5)6)30-67(62,63)64/h23-28,32,40,58H,7-22,29-30H2,1-6H3/q+1/p+1. The summed E-state index contributed by atoms with van der Waals surface area (Å²) in [6.45, 7) is 16.2. The van der Waals surface area contributed by atoms with Gasteiger partial charge in [-0.1, -0.05) is 26.3 Å². The molecule has 0 spiro atoms. The highest BCUT2D eigenvalue weighted by Crippen LogP contribution is 2.52. The Morgan fingerprint density at radius 1 is 0.925 bits per heavy atom. The van der Waals surface area contributed by atoms with Gasteiger partial charge in [0.05, 0.1) is 40.4 Å². The molecule has 2 amide bonds. The summed E-state index contributed by atoms with van der Waals surface area (Å²) in [6.07, 6.45) is 14.4. The third-order valence-corrected chi connectivity index (χ3v) is 15.9. The average Bonchev–Trinajstić information content (AvgIpc) is 3.83. The Balaban J connectivity index is 1.15. The highest BCUT2D eigenvalue weighted by Gasteiger charge is 2.45. The fourth-order valence-corrected chi connectivity index (χ4v) is 12.6. The molecule has 3 aromatic rings. The number of benzene rings is 2. The molecule has 0 aliphatic carbocycles. The van der Waals surface area contributed by atoms with Crippen LogP contribution in [0.5, 0.6) is 11.5 Å². The van der Waals surface area contributed by atoms with Crippen molar-refractivity contribution in [3.05, 3.63) is 80.9 Å². The van der Waals surface area contributed by atoms with E-state index in [2.05, 4.69) is 80.0 Å². The number of likely N-dealkylation sites (tertiary alicyclic amines) is 1. The molecule has 0 saturated carbocycles. The van der Waals surface area contributed by atoms with Crippen molar-refractivity contribution in [3.63, 3.8) is 0 Å². The van der Waals surface area contributed by atoms with Crippen LogP contribution in [0.2, 0.25) is 0 Å². The molecule has 10 rings (SSSR count). The van der Waals surface area contributed by atoms with Gasteiger partial charge in [-0.25, -0.2) is 18.5 Å². The number of carbonyl (C=O) groups excluding carboxylic acids is 3. The molecule has 2 N–H and O–H groups in total. The van der Waals surface area contributed by atoms with Gasteiger partial charge in [-0.2, -0.15) is 8.42 Å². The quantitative estimate of drug-likeness (QED) is 0.163. The number of unbranched alkanes of at least 4 members (excludes halogenated alkanes) is 1. The molecular weight excluding hydrogens is 873 g/mol. The molecule has 0 bridgehead atoms. The van der Waals surface area contributed by atoms with Crippen LogP contribution in [0.1, 0.15) is 133 Å². The number of ether oxygens (including phenoxy) is 1. The highest BCUT2D eigenvalue weighted by molar-refractivity contribution is 7.86. The van der Waals surface area contributed by atoms with Gasteiger partial charge in [0.15, 0.2) is 18.3 Å². The van der Waals surface area contributed by atoms with Gasteiger partial charge in [-0.15, -0.1) is 5.06 Å². The first-order valence-electron chi connectivity index (χ1n) is 24.4. The predicted octanol–water partition coefficient (Wildman–Crippen LogP) is 4.41. The second kappa shape index (κ2) is 16.7. The molecule has 15 nitrogen and oxygen atoms in total. The van der Waals surface area contributed by atoms with Gasteiger partial charge in [0.1, 0.15) is 36.2 Å². The van der Waals surface area contributed by atoms with Crippen LogP contribution < -0.4 is 29.4 Å². The molecule has 2 saturated heterocycles. The van der Waals surface area contributed by atoms with Crippen LogP contribution in [-0.4, -0.2) is 99.6 Å². The lowest BCUT2D eigenvalue weighted by Crippen LogP contribution is -2.53. The van der Waals surface area contributed by atoms with Crippen LogP contribution in [0.15, 0.2) is 36.7 Å². The molecule has 7 aliphatic rings. The fraction of sp³-hybridized carbons (Fsp3) is 0.549. The van der Waals surface area contributed by atoms with Crippen LogP contribution in [-0.2, 0) is 55.3 Å². The van der Waals surface area contributed by atoms with Gasteiger partial charge in [0.25, 0.3) is 27.8 Å². The van der Waals surface area contributed by atoms with E-state index in [4.69, 9.17) is 9.57 Å². The average molecular weight is 937 g/mol. The molecule has 1 atom stereocenters. The summed E-state index contributed by atoms with van der Waals surface area (Å²) in [7, 11) is -4.40. The molecule has 1 aromatic heterocycles. The first-order chi connectivity index (χ1) is 31.9. The van der Waals surface area contributed by atoms with E-state index in [1.807, 2.05) is 16.8 Å². The lowest BCUT2D eigenvalue weighted by Gasteiger charge is -2.47. The van der Waals surface area contributed by atoms with E-state index in [9.17, 15) is 32.5 Å². The van der Waals surface area contributed by atoms with Crippen molar-refractivity contribution in [1.29, 1.82) is 0 Å². The summed E-state index contributed by atoms with van der Waals surface area (Å²) in [5.74, 6) is 0.285. The summed E-state index contributed by atoms with van der Waals surface area (Å²) in [5, 5.41) is 13.1. The lowest BCUT2D eigenvalue weighted by atomic mass is 9.79. The van der Waals surface area contributed by atoms with Gasteiger partial charge in [0, 0.05) is 74.7 Å². The van der Waals surface area contributed by atoms with Crippen LogP contribution in [0.4, 0.5) is 5.69 Å². The maximum atomic E-state index is 14.6. The van der Waals surface area contributed by atoms with Crippen molar-refractivity contribution in [1.82, 2.24) is 19.1 Å². The summed E-state index contributed by atoms with van der Waals surface area (Å²) in [5.41, 5.74) is 7.90. The van der Waals surface area contributed by atoms with E-state index in [1.54, 1.807) is 4.90 Å². The number of aliphatic hydroxyl groups excluding tert-OH is 1. The maximum Gasteiger partial charge on any atom is 0.335 e. The summed E-state index contributed by atoms with van der Waals surface area (Å²) in [6, 6.07) is 4.38. The lowest BCUT2D eigenvalue weighted by molar-refractivity contribution is -0.686. The Labute approximate surface area is 392 Å². The van der Waals surface area contributed by atoms with Crippen molar-refractivity contribution >= 4 is 50.3 Å².